The summed E-state index contributed by atoms with van der Waals surface area (Å²) in [5.41, 5.74) is 3.65. The highest BCUT2D eigenvalue weighted by Gasteiger charge is 2.35. The summed E-state index contributed by atoms with van der Waals surface area (Å²) >= 11 is 0. The van der Waals surface area contributed by atoms with E-state index >= 15 is 0 Å². The molecule has 0 atom stereocenters. The van der Waals surface area contributed by atoms with Crippen LogP contribution in [0.1, 0.15) is 24.0 Å². The molecule has 21 heavy (non-hydrogen) atoms. The molecule has 0 saturated heterocycles. The summed E-state index contributed by atoms with van der Waals surface area (Å²) in [5.74, 6) is 0. The van der Waals surface area contributed by atoms with Crippen LogP contribution in [0.3, 0.4) is 0 Å². The lowest BCUT2D eigenvalue weighted by atomic mass is 9.89. The molecule has 0 bridgehead atoms. The van der Waals surface area contributed by atoms with Gasteiger partial charge in [0.05, 0.1) is 22.1 Å². The Kier molecular flexibility index (Phi) is 3.97. The van der Waals surface area contributed by atoms with Crippen molar-refractivity contribution >= 4 is 10.0 Å². The first-order chi connectivity index (χ1) is 9.63. The number of hydrogen-bond acceptors (Lipinski definition) is 4. The Bertz CT molecular complexity index is 689. The highest BCUT2D eigenvalue weighted by molar-refractivity contribution is 7.89. The van der Waals surface area contributed by atoms with Crippen LogP contribution in [0.2, 0.25) is 0 Å². The molecule has 1 saturated carbocycles. The van der Waals surface area contributed by atoms with E-state index in [0.717, 1.165) is 12.1 Å². The molecule has 114 valence electrons. The van der Waals surface area contributed by atoms with Crippen LogP contribution in [0.15, 0.2) is 23.1 Å². The third-order valence-corrected chi connectivity index (χ3v) is 4.74. The fourth-order valence-electron chi connectivity index (χ4n) is 2.08. The van der Waals surface area contributed by atoms with Gasteiger partial charge in [-0.05, 0) is 31.0 Å². The quantitative estimate of drug-likeness (QED) is 0.879. The fraction of sp³-hybridized carbons (Fsp3) is 0.417. The van der Waals surface area contributed by atoms with E-state index in [1.807, 2.05) is 0 Å². The number of nitrogens with one attached hydrogen (secondary N) is 1. The zero-order chi connectivity index (χ0) is 15.8. The van der Waals surface area contributed by atoms with E-state index in [1.54, 1.807) is 0 Å². The van der Waals surface area contributed by atoms with Gasteiger partial charge in [-0.3, -0.25) is 0 Å². The molecular weight excluding hydrogens is 307 g/mol. The van der Waals surface area contributed by atoms with Crippen molar-refractivity contribution in [1.29, 1.82) is 5.26 Å². The zero-order valence-electron chi connectivity index (χ0n) is 10.7. The number of sulfonamides is 1. The van der Waals surface area contributed by atoms with Gasteiger partial charge in [0.25, 0.3) is 0 Å². The second-order valence-corrected chi connectivity index (χ2v) is 6.58. The van der Waals surface area contributed by atoms with E-state index in [9.17, 15) is 21.6 Å². The summed E-state index contributed by atoms with van der Waals surface area (Å²) in [4.78, 5) is -0.368. The van der Waals surface area contributed by atoms with Crippen molar-refractivity contribution in [2.24, 2.45) is 5.73 Å². The summed E-state index contributed by atoms with van der Waals surface area (Å²) in [5, 5.41) is 8.76. The van der Waals surface area contributed by atoms with Gasteiger partial charge in [-0.1, -0.05) is 0 Å². The highest BCUT2D eigenvalue weighted by Crippen LogP contribution is 2.33. The number of nitrogens with two attached hydrogens (primary N) is 1. The molecule has 9 heteroatoms. The van der Waals surface area contributed by atoms with E-state index in [2.05, 4.69) is 4.72 Å². The third kappa shape index (κ3) is 3.34. The molecule has 1 aliphatic rings. The standard InChI is InChI=1S/C12H12F3N3O2S/c13-12(14,15)11-2-1-10(3-7(11)6-16)21(19,20)18-9-4-8(17)5-9/h1-3,8-9,18H,4-5,17H2. The Morgan fingerprint density at radius 3 is 2.43 bits per heavy atom. The number of rotatable bonds is 3. The topological polar surface area (TPSA) is 96.0 Å². The summed E-state index contributed by atoms with van der Waals surface area (Å²) in [6, 6.07) is 3.14. The minimum absolute atomic E-state index is 0.0695. The lowest BCUT2D eigenvalue weighted by molar-refractivity contribution is -0.137. The summed E-state index contributed by atoms with van der Waals surface area (Å²) in [6.45, 7) is 0. The first-order valence-corrected chi connectivity index (χ1v) is 7.51. The molecule has 0 heterocycles. The van der Waals surface area contributed by atoms with Crippen LogP contribution < -0.4 is 10.5 Å². The van der Waals surface area contributed by atoms with Gasteiger partial charge in [-0.15, -0.1) is 0 Å². The maximum atomic E-state index is 12.7. The number of benzene rings is 1. The molecule has 1 aliphatic carbocycles. The average Bonchev–Trinajstić information content (AvgIpc) is 2.34. The Morgan fingerprint density at radius 1 is 1.33 bits per heavy atom. The SMILES string of the molecule is N#Cc1cc(S(=O)(=O)NC2CC(N)C2)ccc1C(F)(F)F. The predicted molar refractivity (Wildman–Crippen MR) is 67.5 cm³/mol. The zero-order valence-corrected chi connectivity index (χ0v) is 11.5. The smallest absolute Gasteiger partial charge is 0.328 e. The maximum absolute atomic E-state index is 12.7. The van der Waals surface area contributed by atoms with Gasteiger partial charge < -0.3 is 5.73 Å². The highest BCUT2D eigenvalue weighted by atomic mass is 32.2. The molecule has 0 amide bonds. The minimum Gasteiger partial charge on any atom is -0.328 e. The Morgan fingerprint density at radius 2 is 1.95 bits per heavy atom. The molecule has 3 N–H and O–H groups in total. The van der Waals surface area contributed by atoms with Crippen molar-refractivity contribution in [3.8, 4) is 6.07 Å². The van der Waals surface area contributed by atoms with Crippen molar-refractivity contribution in [1.82, 2.24) is 4.72 Å². The number of halogens is 3. The van der Waals surface area contributed by atoms with E-state index in [-0.39, 0.29) is 17.0 Å². The largest absolute Gasteiger partial charge is 0.417 e. The Hall–Kier alpha value is -1.63. The lowest BCUT2D eigenvalue weighted by Gasteiger charge is -2.32. The van der Waals surface area contributed by atoms with E-state index < -0.39 is 27.3 Å². The predicted octanol–water partition coefficient (Wildman–Crippen LogP) is 1.35. The van der Waals surface area contributed by atoms with Crippen LogP contribution in [0.5, 0.6) is 0 Å². The van der Waals surface area contributed by atoms with Crippen LogP contribution in [0.25, 0.3) is 0 Å². The average molecular weight is 319 g/mol. The summed E-state index contributed by atoms with van der Waals surface area (Å²) < 4.78 is 64.4. The Labute approximate surface area is 119 Å². The molecular formula is C12H12F3N3O2S. The molecule has 1 fully saturated rings. The molecule has 0 unspecified atom stereocenters. The second-order valence-electron chi connectivity index (χ2n) is 4.87. The van der Waals surface area contributed by atoms with Crippen molar-refractivity contribution < 1.29 is 21.6 Å². The van der Waals surface area contributed by atoms with Gasteiger partial charge in [-0.25, -0.2) is 13.1 Å². The molecule has 2 rings (SSSR count). The first kappa shape index (κ1) is 15.8. The summed E-state index contributed by atoms with van der Waals surface area (Å²) in [6.07, 6.45) is -3.75. The summed E-state index contributed by atoms with van der Waals surface area (Å²) in [7, 11) is -3.96. The second kappa shape index (κ2) is 5.29. The van der Waals surface area contributed by atoms with E-state index in [4.69, 9.17) is 11.0 Å². The van der Waals surface area contributed by atoms with Gasteiger partial charge in [-0.2, -0.15) is 18.4 Å². The number of nitriles is 1. The fourth-order valence-corrected chi connectivity index (χ4v) is 3.36. The van der Waals surface area contributed by atoms with Crippen LogP contribution in [0, 0.1) is 11.3 Å². The normalized spacial score (nSPS) is 22.4. The van der Waals surface area contributed by atoms with Crippen molar-refractivity contribution in [3.63, 3.8) is 0 Å². The van der Waals surface area contributed by atoms with Crippen molar-refractivity contribution in [3.05, 3.63) is 29.3 Å². The maximum Gasteiger partial charge on any atom is 0.417 e. The molecule has 5 nitrogen and oxygen atoms in total. The van der Waals surface area contributed by atoms with Gasteiger partial charge in [0.1, 0.15) is 0 Å². The van der Waals surface area contributed by atoms with Crippen molar-refractivity contribution in [2.75, 3.05) is 0 Å². The number of hydrogen-bond donors (Lipinski definition) is 2. The van der Waals surface area contributed by atoms with Crippen molar-refractivity contribution in [2.45, 2.75) is 36.0 Å². The van der Waals surface area contributed by atoms with Gasteiger partial charge in [0.15, 0.2) is 0 Å². The number of alkyl halides is 3. The molecule has 0 radical (unpaired) electrons. The molecule has 0 aromatic heterocycles. The van der Waals surface area contributed by atoms with Crippen LogP contribution >= 0.6 is 0 Å². The lowest BCUT2D eigenvalue weighted by Crippen LogP contribution is -2.50. The third-order valence-electron chi connectivity index (χ3n) is 3.22. The number of nitrogens with zero attached hydrogens (tertiary/aromatic N) is 1. The molecule has 1 aromatic rings. The minimum atomic E-state index is -4.71. The van der Waals surface area contributed by atoms with Crippen LogP contribution in [-0.2, 0) is 16.2 Å². The van der Waals surface area contributed by atoms with Gasteiger partial charge in [0, 0.05) is 12.1 Å². The van der Waals surface area contributed by atoms with Crippen LogP contribution in [-0.4, -0.2) is 20.5 Å². The monoisotopic (exact) mass is 319 g/mol. The van der Waals surface area contributed by atoms with Gasteiger partial charge in [0.2, 0.25) is 10.0 Å². The molecule has 1 aromatic carbocycles. The first-order valence-electron chi connectivity index (χ1n) is 6.03. The van der Waals surface area contributed by atoms with E-state index in [0.29, 0.717) is 18.9 Å². The molecule has 0 spiro atoms. The Balaban J connectivity index is 2.31. The van der Waals surface area contributed by atoms with E-state index in [1.165, 1.54) is 6.07 Å². The molecule has 0 aliphatic heterocycles. The van der Waals surface area contributed by atoms with Gasteiger partial charge >= 0.3 is 6.18 Å². The van der Waals surface area contributed by atoms with Crippen LogP contribution in [0.4, 0.5) is 13.2 Å².